The highest BCUT2D eigenvalue weighted by atomic mass is 32.1. The Bertz CT molecular complexity index is 508. The van der Waals surface area contributed by atoms with Crippen molar-refractivity contribution >= 4 is 22.4 Å². The average Bonchev–Trinajstić information content (AvgIpc) is 3.15. The van der Waals surface area contributed by atoms with Gasteiger partial charge in [-0.3, -0.25) is 4.99 Å². The summed E-state index contributed by atoms with van der Waals surface area (Å²) in [5.74, 6) is 0.617. The van der Waals surface area contributed by atoms with E-state index in [1.54, 1.807) is 18.4 Å². The minimum Gasteiger partial charge on any atom is -0.381 e. The molecule has 0 aliphatic carbocycles. The number of hydrogen-bond donors (Lipinski definition) is 1. The number of piperazine rings is 1. The molecule has 0 spiro atoms. The van der Waals surface area contributed by atoms with Crippen molar-refractivity contribution in [3.63, 3.8) is 0 Å². The fourth-order valence-corrected chi connectivity index (χ4v) is 3.69. The van der Waals surface area contributed by atoms with E-state index in [4.69, 9.17) is 15.2 Å². The second kappa shape index (κ2) is 7.46. The highest BCUT2D eigenvalue weighted by Gasteiger charge is 2.32. The van der Waals surface area contributed by atoms with E-state index in [0.29, 0.717) is 12.5 Å². The van der Waals surface area contributed by atoms with Crippen LogP contribution < -0.4 is 10.6 Å². The molecule has 8 heteroatoms. The molecular weight excluding hydrogens is 314 g/mol. The highest BCUT2D eigenvalue weighted by Crippen LogP contribution is 2.25. The van der Waals surface area contributed by atoms with Gasteiger partial charge in [-0.1, -0.05) is 0 Å². The minimum atomic E-state index is -0.217. The van der Waals surface area contributed by atoms with Crippen LogP contribution in [0.5, 0.6) is 0 Å². The molecule has 3 rings (SSSR count). The lowest BCUT2D eigenvalue weighted by Gasteiger charge is -2.37. The summed E-state index contributed by atoms with van der Waals surface area (Å²) in [6.45, 7) is 5.66. The molecule has 7 nitrogen and oxygen atoms in total. The molecule has 3 heterocycles. The van der Waals surface area contributed by atoms with Crippen LogP contribution in [-0.2, 0) is 9.47 Å². The Hall–Kier alpha value is -1.38. The molecule has 0 unspecified atom stereocenters. The number of aliphatic imine (C=N–C) groups is 1. The summed E-state index contributed by atoms with van der Waals surface area (Å²) in [6, 6.07) is 0. The van der Waals surface area contributed by atoms with Crippen LogP contribution in [0.2, 0.25) is 0 Å². The molecule has 0 atom stereocenters. The molecule has 0 bridgehead atoms. The lowest BCUT2D eigenvalue weighted by atomic mass is 9.94. The fraction of sp³-hybridized carbons (Fsp3) is 0.733. The van der Waals surface area contributed by atoms with Gasteiger partial charge in [0.15, 0.2) is 11.1 Å². The van der Waals surface area contributed by atoms with Crippen molar-refractivity contribution in [2.24, 2.45) is 10.7 Å². The molecule has 2 aliphatic rings. The summed E-state index contributed by atoms with van der Waals surface area (Å²) in [5.41, 5.74) is 5.98. The van der Waals surface area contributed by atoms with Gasteiger partial charge in [-0.05, 0) is 0 Å². The number of anilines is 1. The molecule has 1 aromatic heterocycles. The van der Waals surface area contributed by atoms with Crippen molar-refractivity contribution in [1.29, 1.82) is 0 Å². The third kappa shape index (κ3) is 3.94. The van der Waals surface area contributed by atoms with Gasteiger partial charge in [0.1, 0.15) is 0 Å². The van der Waals surface area contributed by atoms with Gasteiger partial charge in [-0.2, -0.15) is 0 Å². The Morgan fingerprint density at radius 2 is 2.13 bits per heavy atom. The van der Waals surface area contributed by atoms with Crippen LogP contribution in [0, 0.1) is 0 Å². The zero-order valence-corrected chi connectivity index (χ0v) is 14.4. The molecule has 128 valence electrons. The first-order valence-electron chi connectivity index (χ1n) is 8.05. The smallest absolute Gasteiger partial charge is 0.191 e. The number of thiazole rings is 1. The number of ether oxygens (including phenoxy) is 2. The molecule has 23 heavy (non-hydrogen) atoms. The Kier molecular flexibility index (Phi) is 5.34. The maximum atomic E-state index is 6.20. The van der Waals surface area contributed by atoms with Gasteiger partial charge in [0, 0.05) is 70.9 Å². The van der Waals surface area contributed by atoms with Crippen molar-refractivity contribution in [2.75, 3.05) is 57.9 Å². The van der Waals surface area contributed by atoms with Crippen LogP contribution in [0.25, 0.3) is 0 Å². The molecule has 0 saturated carbocycles. The van der Waals surface area contributed by atoms with Crippen molar-refractivity contribution in [3.05, 3.63) is 11.6 Å². The summed E-state index contributed by atoms with van der Waals surface area (Å²) >= 11 is 1.68. The van der Waals surface area contributed by atoms with Crippen molar-refractivity contribution in [3.8, 4) is 0 Å². The monoisotopic (exact) mass is 339 g/mol. The second-order valence-corrected chi connectivity index (χ2v) is 6.84. The topological polar surface area (TPSA) is 76.2 Å². The molecule has 0 amide bonds. The zero-order valence-electron chi connectivity index (χ0n) is 13.6. The molecule has 0 aromatic carbocycles. The van der Waals surface area contributed by atoms with Gasteiger partial charge < -0.3 is 25.0 Å². The predicted molar refractivity (Wildman–Crippen MR) is 92.2 cm³/mol. The summed E-state index contributed by atoms with van der Waals surface area (Å²) in [7, 11) is 1.75. The number of nitrogens with two attached hydrogens (primary N) is 1. The van der Waals surface area contributed by atoms with Gasteiger partial charge in [0.25, 0.3) is 0 Å². The number of methoxy groups -OCH3 is 1. The first-order valence-corrected chi connectivity index (χ1v) is 8.93. The van der Waals surface area contributed by atoms with Gasteiger partial charge in [0.05, 0.1) is 12.1 Å². The number of guanidine groups is 1. The van der Waals surface area contributed by atoms with E-state index in [9.17, 15) is 0 Å². The first kappa shape index (κ1) is 16.5. The Morgan fingerprint density at radius 3 is 2.74 bits per heavy atom. The van der Waals surface area contributed by atoms with E-state index in [0.717, 1.165) is 57.4 Å². The van der Waals surface area contributed by atoms with Crippen molar-refractivity contribution in [2.45, 2.75) is 18.4 Å². The largest absolute Gasteiger partial charge is 0.381 e. The Morgan fingerprint density at radius 1 is 1.39 bits per heavy atom. The SMILES string of the molecule is COC1(CN=C(N)N2CCN(c3nccs3)CC2)CCOCC1. The zero-order chi connectivity index (χ0) is 16.1. The highest BCUT2D eigenvalue weighted by molar-refractivity contribution is 7.13. The normalized spacial score (nSPS) is 22.4. The maximum Gasteiger partial charge on any atom is 0.191 e. The van der Waals surface area contributed by atoms with Crippen LogP contribution in [0.15, 0.2) is 16.6 Å². The number of hydrogen-bond acceptors (Lipinski definition) is 6. The van der Waals surface area contributed by atoms with Gasteiger partial charge >= 0.3 is 0 Å². The fourth-order valence-electron chi connectivity index (χ4n) is 2.99. The van der Waals surface area contributed by atoms with Crippen molar-refractivity contribution < 1.29 is 9.47 Å². The van der Waals surface area contributed by atoms with Crippen LogP contribution >= 0.6 is 11.3 Å². The minimum absolute atomic E-state index is 0.217. The van der Waals surface area contributed by atoms with Crippen LogP contribution in [0.1, 0.15) is 12.8 Å². The van der Waals surface area contributed by atoms with Crippen LogP contribution in [0.4, 0.5) is 5.13 Å². The van der Waals surface area contributed by atoms with E-state index < -0.39 is 0 Å². The quantitative estimate of drug-likeness (QED) is 0.645. The van der Waals surface area contributed by atoms with Crippen LogP contribution in [-0.4, -0.2) is 74.5 Å². The van der Waals surface area contributed by atoms with Gasteiger partial charge in [-0.25, -0.2) is 4.98 Å². The lowest BCUT2D eigenvalue weighted by molar-refractivity contribution is -0.0829. The number of aromatic nitrogens is 1. The summed E-state index contributed by atoms with van der Waals surface area (Å²) in [6.07, 6.45) is 3.59. The third-order valence-electron chi connectivity index (χ3n) is 4.66. The first-order chi connectivity index (χ1) is 11.2. The summed E-state index contributed by atoms with van der Waals surface area (Å²) < 4.78 is 11.1. The number of rotatable bonds is 4. The molecule has 0 radical (unpaired) electrons. The summed E-state index contributed by atoms with van der Waals surface area (Å²) in [4.78, 5) is 13.4. The van der Waals surface area contributed by atoms with E-state index in [2.05, 4.69) is 19.8 Å². The lowest BCUT2D eigenvalue weighted by Crippen LogP contribution is -2.51. The predicted octanol–water partition coefficient (Wildman–Crippen LogP) is 0.775. The summed E-state index contributed by atoms with van der Waals surface area (Å²) in [5, 5.41) is 3.09. The maximum absolute atomic E-state index is 6.20. The molecule has 1 aromatic rings. The van der Waals surface area contributed by atoms with Gasteiger partial charge in [-0.15, -0.1) is 11.3 Å². The van der Waals surface area contributed by atoms with Crippen molar-refractivity contribution in [1.82, 2.24) is 9.88 Å². The Balaban J connectivity index is 1.53. The van der Waals surface area contributed by atoms with Crippen LogP contribution in [0.3, 0.4) is 0 Å². The standard InChI is InChI=1S/C15H25N5O2S/c1-21-15(2-9-22-10-3-15)12-18-13(16)19-5-7-20(8-6-19)14-17-4-11-23-14/h4,11H,2-3,5-10,12H2,1H3,(H2,16,18). The molecule has 2 saturated heterocycles. The number of nitrogens with zero attached hydrogens (tertiary/aromatic N) is 4. The van der Waals surface area contributed by atoms with E-state index >= 15 is 0 Å². The van der Waals surface area contributed by atoms with E-state index in [1.165, 1.54) is 0 Å². The molecule has 2 aliphatic heterocycles. The third-order valence-corrected chi connectivity index (χ3v) is 5.49. The van der Waals surface area contributed by atoms with E-state index in [1.807, 2.05) is 11.6 Å². The van der Waals surface area contributed by atoms with E-state index in [-0.39, 0.29) is 5.60 Å². The molecular formula is C15H25N5O2S. The Labute approximate surface area is 141 Å². The molecule has 2 fully saturated rings. The second-order valence-electron chi connectivity index (χ2n) is 5.96. The van der Waals surface area contributed by atoms with Gasteiger partial charge in [0.2, 0.25) is 0 Å². The molecule has 2 N–H and O–H groups in total. The average molecular weight is 339 g/mol.